The van der Waals surface area contributed by atoms with Crippen LogP contribution in [0.1, 0.15) is 11.1 Å². The summed E-state index contributed by atoms with van der Waals surface area (Å²) in [4.78, 5) is 17.9. The first-order valence-corrected chi connectivity index (χ1v) is 7.60. The molecule has 0 spiro atoms. The number of carbonyl (C=O) groups excluding carboxylic acids is 1. The van der Waals surface area contributed by atoms with Crippen molar-refractivity contribution in [1.82, 2.24) is 15.2 Å². The van der Waals surface area contributed by atoms with Crippen molar-refractivity contribution in [2.24, 2.45) is 0 Å². The lowest BCUT2D eigenvalue weighted by Crippen LogP contribution is -2.35. The molecule has 0 fully saturated rings. The second kappa shape index (κ2) is 8.51. The predicted molar refractivity (Wildman–Crippen MR) is 88.7 cm³/mol. The van der Waals surface area contributed by atoms with Gasteiger partial charge in [-0.2, -0.15) is 0 Å². The van der Waals surface area contributed by atoms with Crippen molar-refractivity contribution in [3.63, 3.8) is 0 Å². The number of aromatic nitrogens is 1. The molecular formula is C17H20ClN3O. The Morgan fingerprint density at radius 1 is 1.23 bits per heavy atom. The Bertz CT molecular complexity index is 604. The molecule has 5 heteroatoms. The van der Waals surface area contributed by atoms with Gasteiger partial charge >= 0.3 is 0 Å². The van der Waals surface area contributed by atoms with Gasteiger partial charge in [0, 0.05) is 30.5 Å². The minimum Gasteiger partial charge on any atom is -0.351 e. The molecule has 1 N–H and O–H groups in total. The maximum absolute atomic E-state index is 11.9. The van der Waals surface area contributed by atoms with Crippen molar-refractivity contribution in [2.75, 3.05) is 20.1 Å². The summed E-state index contributed by atoms with van der Waals surface area (Å²) in [6.07, 6.45) is 4.47. The fraction of sp³-hybridized carbons (Fsp3) is 0.294. The van der Waals surface area contributed by atoms with Crippen molar-refractivity contribution in [3.8, 4) is 0 Å². The van der Waals surface area contributed by atoms with Gasteiger partial charge in [0.1, 0.15) is 0 Å². The van der Waals surface area contributed by atoms with Gasteiger partial charge in [-0.3, -0.25) is 14.7 Å². The molecule has 0 aliphatic carbocycles. The summed E-state index contributed by atoms with van der Waals surface area (Å²) >= 11 is 6.06. The summed E-state index contributed by atoms with van der Waals surface area (Å²) in [6.45, 7) is 1.65. The van der Waals surface area contributed by atoms with E-state index in [1.165, 1.54) is 5.56 Å². The van der Waals surface area contributed by atoms with E-state index in [-0.39, 0.29) is 5.91 Å². The first-order chi connectivity index (χ1) is 10.6. The van der Waals surface area contributed by atoms with E-state index >= 15 is 0 Å². The number of hydrogen-bond acceptors (Lipinski definition) is 3. The van der Waals surface area contributed by atoms with Crippen molar-refractivity contribution in [3.05, 3.63) is 64.9 Å². The molecule has 0 saturated heterocycles. The highest BCUT2D eigenvalue weighted by atomic mass is 35.5. The molecule has 1 heterocycles. The van der Waals surface area contributed by atoms with Crippen LogP contribution in [0, 0.1) is 0 Å². The van der Waals surface area contributed by atoms with Crippen LogP contribution in [0.4, 0.5) is 0 Å². The molecule has 0 radical (unpaired) electrons. The number of nitrogens with one attached hydrogen (secondary N) is 1. The van der Waals surface area contributed by atoms with Crippen LogP contribution in [-0.2, 0) is 17.8 Å². The predicted octanol–water partition coefficient (Wildman–Crippen LogP) is 2.53. The third kappa shape index (κ3) is 5.47. The first kappa shape index (κ1) is 16.5. The lowest BCUT2D eigenvalue weighted by atomic mass is 10.2. The number of likely N-dealkylation sites (N-methyl/N-ethyl adjacent to an activating group) is 1. The average molecular weight is 318 g/mol. The van der Waals surface area contributed by atoms with Crippen molar-refractivity contribution < 1.29 is 4.79 Å². The van der Waals surface area contributed by atoms with Crippen LogP contribution < -0.4 is 5.32 Å². The molecule has 0 unspecified atom stereocenters. The van der Waals surface area contributed by atoms with Crippen LogP contribution in [-0.4, -0.2) is 35.9 Å². The molecule has 2 rings (SSSR count). The van der Waals surface area contributed by atoms with E-state index in [0.29, 0.717) is 18.1 Å². The molecule has 0 atom stereocenters. The van der Waals surface area contributed by atoms with Gasteiger partial charge in [-0.15, -0.1) is 0 Å². The zero-order chi connectivity index (χ0) is 15.8. The highest BCUT2D eigenvalue weighted by molar-refractivity contribution is 6.31. The minimum atomic E-state index is -0.00264. The third-order valence-corrected chi connectivity index (χ3v) is 3.75. The van der Waals surface area contributed by atoms with Crippen LogP contribution in [0.5, 0.6) is 0 Å². The molecule has 0 aliphatic rings. The Kier molecular flexibility index (Phi) is 6.37. The smallest absolute Gasteiger partial charge is 0.234 e. The molecule has 2 aromatic rings. The van der Waals surface area contributed by atoms with E-state index in [1.54, 1.807) is 12.4 Å². The molecule has 4 nitrogen and oxygen atoms in total. The lowest BCUT2D eigenvalue weighted by Gasteiger charge is -2.16. The van der Waals surface area contributed by atoms with Crippen LogP contribution >= 0.6 is 11.6 Å². The molecule has 0 saturated carbocycles. The van der Waals surface area contributed by atoms with E-state index in [0.717, 1.165) is 18.5 Å². The van der Waals surface area contributed by atoms with Crippen LogP contribution in [0.3, 0.4) is 0 Å². The highest BCUT2D eigenvalue weighted by Gasteiger charge is 2.07. The van der Waals surface area contributed by atoms with E-state index in [4.69, 9.17) is 11.6 Å². The van der Waals surface area contributed by atoms with Crippen LogP contribution in [0.15, 0.2) is 48.8 Å². The number of pyridine rings is 1. The zero-order valence-corrected chi connectivity index (χ0v) is 13.4. The SMILES string of the molecule is CN(CCc1ccncc1)CC(=O)NCc1ccccc1Cl. The van der Waals surface area contributed by atoms with Crippen LogP contribution in [0.25, 0.3) is 0 Å². The number of halogens is 1. The second-order valence-corrected chi connectivity index (χ2v) is 5.62. The maximum atomic E-state index is 11.9. The number of nitrogens with zero attached hydrogens (tertiary/aromatic N) is 2. The van der Waals surface area contributed by atoms with Gasteiger partial charge in [-0.05, 0) is 42.8 Å². The number of rotatable bonds is 7. The van der Waals surface area contributed by atoms with Gasteiger partial charge in [0.05, 0.1) is 6.54 Å². The molecule has 116 valence electrons. The summed E-state index contributed by atoms with van der Waals surface area (Å²) in [6, 6.07) is 11.5. The number of benzene rings is 1. The maximum Gasteiger partial charge on any atom is 0.234 e. The van der Waals surface area contributed by atoms with Gasteiger partial charge in [0.25, 0.3) is 0 Å². The number of hydrogen-bond donors (Lipinski definition) is 1. The van der Waals surface area contributed by atoms with Gasteiger partial charge in [0.15, 0.2) is 0 Å². The molecular weight excluding hydrogens is 298 g/mol. The summed E-state index contributed by atoms with van der Waals surface area (Å²) in [5.41, 5.74) is 2.15. The zero-order valence-electron chi connectivity index (χ0n) is 12.6. The Labute approximate surface area is 136 Å². The van der Waals surface area contributed by atoms with Gasteiger partial charge < -0.3 is 5.32 Å². The standard InChI is InChI=1S/C17H20ClN3O/c1-21(11-8-14-6-9-19-10-7-14)13-17(22)20-12-15-4-2-3-5-16(15)18/h2-7,9-10H,8,11-13H2,1H3,(H,20,22). The van der Waals surface area contributed by atoms with Gasteiger partial charge in [-0.1, -0.05) is 29.8 Å². The normalized spacial score (nSPS) is 10.7. The van der Waals surface area contributed by atoms with Crippen molar-refractivity contribution in [2.45, 2.75) is 13.0 Å². The summed E-state index contributed by atoms with van der Waals surface area (Å²) in [5.74, 6) is -0.00264. The fourth-order valence-electron chi connectivity index (χ4n) is 2.09. The Balaban J connectivity index is 1.71. The Morgan fingerprint density at radius 3 is 2.68 bits per heavy atom. The molecule has 0 aliphatic heterocycles. The fourth-order valence-corrected chi connectivity index (χ4v) is 2.29. The summed E-state index contributed by atoms with van der Waals surface area (Å²) in [7, 11) is 1.94. The molecule has 1 aromatic heterocycles. The summed E-state index contributed by atoms with van der Waals surface area (Å²) in [5, 5.41) is 3.57. The van der Waals surface area contributed by atoms with Gasteiger partial charge in [0.2, 0.25) is 5.91 Å². The molecule has 0 bridgehead atoms. The molecule has 1 aromatic carbocycles. The Hall–Kier alpha value is -1.91. The first-order valence-electron chi connectivity index (χ1n) is 7.22. The quantitative estimate of drug-likeness (QED) is 0.853. The number of carbonyl (C=O) groups is 1. The highest BCUT2D eigenvalue weighted by Crippen LogP contribution is 2.14. The van der Waals surface area contributed by atoms with Gasteiger partial charge in [-0.25, -0.2) is 0 Å². The topological polar surface area (TPSA) is 45.2 Å². The van der Waals surface area contributed by atoms with Crippen molar-refractivity contribution in [1.29, 1.82) is 0 Å². The van der Waals surface area contributed by atoms with E-state index < -0.39 is 0 Å². The van der Waals surface area contributed by atoms with E-state index in [2.05, 4.69) is 10.3 Å². The third-order valence-electron chi connectivity index (χ3n) is 3.38. The van der Waals surface area contributed by atoms with Crippen LogP contribution in [0.2, 0.25) is 5.02 Å². The molecule has 1 amide bonds. The lowest BCUT2D eigenvalue weighted by molar-refractivity contribution is -0.122. The van der Waals surface area contributed by atoms with E-state index in [9.17, 15) is 4.79 Å². The van der Waals surface area contributed by atoms with Crippen molar-refractivity contribution >= 4 is 17.5 Å². The minimum absolute atomic E-state index is 0.00264. The number of amides is 1. The van der Waals surface area contributed by atoms with E-state index in [1.807, 2.05) is 48.3 Å². The molecule has 22 heavy (non-hydrogen) atoms. The Morgan fingerprint density at radius 2 is 1.95 bits per heavy atom. The summed E-state index contributed by atoms with van der Waals surface area (Å²) < 4.78 is 0. The average Bonchev–Trinajstić information content (AvgIpc) is 2.53. The monoisotopic (exact) mass is 317 g/mol. The second-order valence-electron chi connectivity index (χ2n) is 5.21. The largest absolute Gasteiger partial charge is 0.351 e.